The Bertz CT molecular complexity index is 971. The molecule has 0 aliphatic carbocycles. The highest BCUT2D eigenvalue weighted by Crippen LogP contribution is 2.26. The fourth-order valence-electron chi connectivity index (χ4n) is 2.82. The highest BCUT2D eigenvalue weighted by molar-refractivity contribution is 5.92. The number of carbonyl (C=O) groups is 3. The standard InChI is InChI=1S/C25H33N3O6/c1-5-32-20-11-6-7-12-21(20)33-17-23(30)28-19-10-8-9-18(15-19)16-27-22(29)13-14-26-24(31)34-25(2,3)4/h6-12,15H,5,13-14,16-17H2,1-4H3,(H,26,31)(H,27,29)(H,28,30). The van der Waals surface area contributed by atoms with Crippen molar-refractivity contribution in [2.75, 3.05) is 25.1 Å². The summed E-state index contributed by atoms with van der Waals surface area (Å²) in [5, 5.41) is 8.11. The molecule has 2 aromatic carbocycles. The maximum absolute atomic E-state index is 12.3. The van der Waals surface area contributed by atoms with Crippen molar-refractivity contribution in [1.82, 2.24) is 10.6 Å². The fourth-order valence-corrected chi connectivity index (χ4v) is 2.82. The second-order valence-electron chi connectivity index (χ2n) is 8.37. The summed E-state index contributed by atoms with van der Waals surface area (Å²) in [6.07, 6.45) is -0.440. The minimum Gasteiger partial charge on any atom is -0.490 e. The van der Waals surface area contributed by atoms with Crippen molar-refractivity contribution in [3.63, 3.8) is 0 Å². The summed E-state index contributed by atoms with van der Waals surface area (Å²) < 4.78 is 16.2. The largest absolute Gasteiger partial charge is 0.490 e. The molecular weight excluding hydrogens is 438 g/mol. The topological polar surface area (TPSA) is 115 Å². The Morgan fingerprint density at radius 2 is 1.59 bits per heavy atom. The fraction of sp³-hybridized carbons (Fsp3) is 0.400. The zero-order valence-corrected chi connectivity index (χ0v) is 20.1. The van der Waals surface area contributed by atoms with Gasteiger partial charge in [0.05, 0.1) is 6.61 Å². The SMILES string of the molecule is CCOc1ccccc1OCC(=O)Nc1cccc(CNC(=O)CCNC(=O)OC(C)(C)C)c1. The van der Waals surface area contributed by atoms with Gasteiger partial charge in [-0.15, -0.1) is 0 Å². The quantitative estimate of drug-likeness (QED) is 0.461. The van der Waals surface area contributed by atoms with E-state index in [4.69, 9.17) is 14.2 Å². The minimum absolute atomic E-state index is 0.121. The average molecular weight is 472 g/mol. The maximum Gasteiger partial charge on any atom is 0.407 e. The molecule has 184 valence electrons. The summed E-state index contributed by atoms with van der Waals surface area (Å²) in [4.78, 5) is 35.9. The van der Waals surface area contributed by atoms with Crippen molar-refractivity contribution < 1.29 is 28.6 Å². The van der Waals surface area contributed by atoms with Crippen LogP contribution in [-0.2, 0) is 20.9 Å². The molecule has 3 amide bonds. The van der Waals surface area contributed by atoms with Crippen LogP contribution in [0.3, 0.4) is 0 Å². The number of hydrogen-bond acceptors (Lipinski definition) is 6. The lowest BCUT2D eigenvalue weighted by Crippen LogP contribution is -2.35. The number of benzene rings is 2. The molecule has 0 aliphatic heterocycles. The van der Waals surface area contributed by atoms with Crippen molar-refractivity contribution in [2.45, 2.75) is 46.3 Å². The van der Waals surface area contributed by atoms with Gasteiger partial charge >= 0.3 is 6.09 Å². The van der Waals surface area contributed by atoms with Gasteiger partial charge in [0.2, 0.25) is 5.91 Å². The Hall–Kier alpha value is -3.75. The van der Waals surface area contributed by atoms with E-state index in [2.05, 4.69) is 16.0 Å². The molecule has 2 rings (SSSR count). The molecule has 0 spiro atoms. The summed E-state index contributed by atoms with van der Waals surface area (Å²) in [5.74, 6) is 0.543. The van der Waals surface area contributed by atoms with Crippen LogP contribution < -0.4 is 25.4 Å². The van der Waals surface area contributed by atoms with Gasteiger partial charge in [0, 0.05) is 25.2 Å². The van der Waals surface area contributed by atoms with Crippen LogP contribution in [0.4, 0.5) is 10.5 Å². The average Bonchev–Trinajstić information content (AvgIpc) is 2.76. The Kier molecular flexibility index (Phi) is 10.2. The summed E-state index contributed by atoms with van der Waals surface area (Å²) in [7, 11) is 0. The molecule has 0 heterocycles. The summed E-state index contributed by atoms with van der Waals surface area (Å²) >= 11 is 0. The molecule has 9 heteroatoms. The molecule has 0 aliphatic rings. The number of rotatable bonds is 11. The molecule has 0 radical (unpaired) electrons. The van der Waals surface area contributed by atoms with Crippen molar-refractivity contribution in [3.05, 3.63) is 54.1 Å². The van der Waals surface area contributed by atoms with Crippen molar-refractivity contribution in [2.24, 2.45) is 0 Å². The number of hydrogen-bond donors (Lipinski definition) is 3. The first kappa shape index (κ1) is 26.5. The molecule has 0 atom stereocenters. The van der Waals surface area contributed by atoms with Gasteiger partial charge in [-0.05, 0) is 57.5 Å². The van der Waals surface area contributed by atoms with E-state index >= 15 is 0 Å². The predicted molar refractivity (Wildman–Crippen MR) is 129 cm³/mol. The van der Waals surface area contributed by atoms with E-state index < -0.39 is 11.7 Å². The van der Waals surface area contributed by atoms with Gasteiger partial charge in [-0.2, -0.15) is 0 Å². The Balaban J connectivity index is 1.75. The van der Waals surface area contributed by atoms with Gasteiger partial charge in [-0.3, -0.25) is 9.59 Å². The van der Waals surface area contributed by atoms with Crippen molar-refractivity contribution >= 4 is 23.6 Å². The summed E-state index contributed by atoms with van der Waals surface area (Å²) in [5.41, 5.74) is 0.811. The second-order valence-corrected chi connectivity index (χ2v) is 8.37. The van der Waals surface area contributed by atoms with Gasteiger partial charge in [0.25, 0.3) is 5.91 Å². The van der Waals surface area contributed by atoms with Crippen LogP contribution in [0.5, 0.6) is 11.5 Å². The minimum atomic E-state index is -0.590. The van der Waals surface area contributed by atoms with Gasteiger partial charge in [-0.1, -0.05) is 24.3 Å². The smallest absolute Gasteiger partial charge is 0.407 e. The molecule has 9 nitrogen and oxygen atoms in total. The number of nitrogens with one attached hydrogen (secondary N) is 3. The molecule has 0 aromatic heterocycles. The third kappa shape index (κ3) is 10.2. The Labute approximate surface area is 200 Å². The Morgan fingerprint density at radius 1 is 0.882 bits per heavy atom. The van der Waals surface area contributed by atoms with Gasteiger partial charge in [0.1, 0.15) is 5.60 Å². The van der Waals surface area contributed by atoms with Crippen LogP contribution in [0.2, 0.25) is 0 Å². The highest BCUT2D eigenvalue weighted by Gasteiger charge is 2.16. The van der Waals surface area contributed by atoms with E-state index in [1.54, 1.807) is 57.2 Å². The van der Waals surface area contributed by atoms with E-state index in [0.29, 0.717) is 23.8 Å². The third-order valence-electron chi connectivity index (χ3n) is 4.23. The first-order valence-corrected chi connectivity index (χ1v) is 11.1. The van der Waals surface area contributed by atoms with Crippen LogP contribution in [0.1, 0.15) is 39.7 Å². The maximum atomic E-state index is 12.3. The molecule has 3 N–H and O–H groups in total. The molecule has 0 unspecified atom stereocenters. The van der Waals surface area contributed by atoms with E-state index in [-0.39, 0.29) is 37.9 Å². The Morgan fingerprint density at radius 3 is 2.26 bits per heavy atom. The first-order chi connectivity index (χ1) is 16.2. The molecule has 2 aromatic rings. The van der Waals surface area contributed by atoms with Crippen molar-refractivity contribution in [3.8, 4) is 11.5 Å². The number of anilines is 1. The lowest BCUT2D eigenvalue weighted by Gasteiger charge is -2.19. The van der Waals surface area contributed by atoms with E-state index in [1.165, 1.54) is 0 Å². The molecule has 0 saturated carbocycles. The van der Waals surface area contributed by atoms with E-state index in [1.807, 2.05) is 19.1 Å². The normalized spacial score (nSPS) is 10.7. The lowest BCUT2D eigenvalue weighted by molar-refractivity contribution is -0.121. The molecule has 0 fully saturated rings. The zero-order valence-electron chi connectivity index (χ0n) is 20.1. The van der Waals surface area contributed by atoms with Gasteiger partial charge < -0.3 is 30.2 Å². The van der Waals surface area contributed by atoms with E-state index in [9.17, 15) is 14.4 Å². The monoisotopic (exact) mass is 471 g/mol. The van der Waals surface area contributed by atoms with Gasteiger partial charge in [0.15, 0.2) is 18.1 Å². The summed E-state index contributed by atoms with van der Waals surface area (Å²) in [6.45, 7) is 7.96. The third-order valence-corrected chi connectivity index (χ3v) is 4.23. The van der Waals surface area contributed by atoms with E-state index in [0.717, 1.165) is 5.56 Å². The number of ether oxygens (including phenoxy) is 3. The number of alkyl carbamates (subject to hydrolysis) is 1. The molecule has 34 heavy (non-hydrogen) atoms. The zero-order chi connectivity index (χ0) is 25.0. The summed E-state index contributed by atoms with van der Waals surface area (Å²) in [6, 6.07) is 14.3. The van der Waals surface area contributed by atoms with Crippen LogP contribution >= 0.6 is 0 Å². The first-order valence-electron chi connectivity index (χ1n) is 11.1. The highest BCUT2D eigenvalue weighted by atomic mass is 16.6. The number of amides is 3. The second kappa shape index (κ2) is 13.1. The predicted octanol–water partition coefficient (Wildman–Crippen LogP) is 3.63. The number of para-hydroxylation sites is 2. The van der Waals surface area contributed by atoms with Crippen LogP contribution in [-0.4, -0.2) is 43.3 Å². The van der Waals surface area contributed by atoms with Gasteiger partial charge in [-0.25, -0.2) is 4.79 Å². The lowest BCUT2D eigenvalue weighted by atomic mass is 10.2. The van der Waals surface area contributed by atoms with Crippen LogP contribution in [0, 0.1) is 0 Å². The molecular formula is C25H33N3O6. The number of carbonyl (C=O) groups excluding carboxylic acids is 3. The van der Waals surface area contributed by atoms with Crippen LogP contribution in [0.25, 0.3) is 0 Å². The molecule has 0 bridgehead atoms. The van der Waals surface area contributed by atoms with Crippen molar-refractivity contribution in [1.29, 1.82) is 0 Å². The van der Waals surface area contributed by atoms with Crippen LogP contribution in [0.15, 0.2) is 48.5 Å². The molecule has 0 saturated heterocycles.